The van der Waals surface area contributed by atoms with Gasteiger partial charge in [0.2, 0.25) is 0 Å². The second-order valence-electron chi connectivity index (χ2n) is 8.91. The van der Waals surface area contributed by atoms with Crippen LogP contribution in [0.15, 0.2) is 60.8 Å². The van der Waals surface area contributed by atoms with Gasteiger partial charge < -0.3 is 25.2 Å². The fraction of sp³-hybridized carbons (Fsp3) is 0.333. The Morgan fingerprint density at radius 3 is 2.79 bits per heavy atom. The van der Waals surface area contributed by atoms with Gasteiger partial charge in [-0.3, -0.25) is 4.98 Å². The van der Waals surface area contributed by atoms with Crippen LogP contribution in [0, 0.1) is 0 Å². The number of β-amino-alcohol motifs (C(OH)–C–C–N with tert-alkyl or cyclic N) is 1. The second-order valence-corrected chi connectivity index (χ2v) is 8.91. The fourth-order valence-corrected chi connectivity index (χ4v) is 4.75. The Kier molecular flexibility index (Phi) is 6.58. The molecule has 0 saturated carbocycles. The van der Waals surface area contributed by atoms with Crippen LogP contribution in [0.5, 0.6) is 11.5 Å². The van der Waals surface area contributed by atoms with Gasteiger partial charge in [-0.1, -0.05) is 18.2 Å². The van der Waals surface area contributed by atoms with Crippen LogP contribution >= 0.6 is 0 Å². The molecule has 5 rings (SSSR count). The number of pyridine rings is 2. The van der Waals surface area contributed by atoms with E-state index in [1.54, 1.807) is 19.4 Å². The minimum Gasteiger partial charge on any atom is -0.506 e. The lowest BCUT2D eigenvalue weighted by Crippen LogP contribution is -2.43. The molecular weight excluding hydrogens is 428 g/mol. The Labute approximate surface area is 199 Å². The van der Waals surface area contributed by atoms with E-state index in [9.17, 15) is 10.2 Å². The predicted molar refractivity (Wildman–Crippen MR) is 133 cm³/mol. The molecule has 7 nitrogen and oxygen atoms in total. The molecule has 34 heavy (non-hydrogen) atoms. The number of methoxy groups -OCH3 is 1. The summed E-state index contributed by atoms with van der Waals surface area (Å²) in [6, 6.07) is 17.5. The first-order valence-electron chi connectivity index (χ1n) is 11.7. The number of hydrogen-bond acceptors (Lipinski definition) is 7. The van der Waals surface area contributed by atoms with Crippen LogP contribution in [-0.2, 0) is 6.54 Å². The molecule has 2 aromatic heterocycles. The first-order valence-corrected chi connectivity index (χ1v) is 11.7. The van der Waals surface area contributed by atoms with Gasteiger partial charge in [0.05, 0.1) is 24.4 Å². The Morgan fingerprint density at radius 2 is 1.97 bits per heavy atom. The third-order valence-electron chi connectivity index (χ3n) is 6.69. The average Bonchev–Trinajstić information content (AvgIpc) is 2.88. The number of benzene rings is 2. The first-order chi connectivity index (χ1) is 16.6. The fourth-order valence-electron chi connectivity index (χ4n) is 4.75. The van der Waals surface area contributed by atoms with Crippen LogP contribution in [0.4, 0.5) is 0 Å². The zero-order valence-corrected chi connectivity index (χ0v) is 19.3. The predicted octanol–water partition coefficient (Wildman–Crippen LogP) is 3.78. The van der Waals surface area contributed by atoms with Crippen LogP contribution in [0.1, 0.15) is 30.2 Å². The molecule has 2 aromatic carbocycles. The number of para-hydroxylation sites is 1. The minimum absolute atomic E-state index is 0.214. The Morgan fingerprint density at radius 1 is 1.12 bits per heavy atom. The van der Waals surface area contributed by atoms with E-state index in [0.717, 1.165) is 59.2 Å². The van der Waals surface area contributed by atoms with Crippen molar-refractivity contribution in [2.75, 3.05) is 26.7 Å². The Balaban J connectivity index is 1.16. The Hall–Kier alpha value is -3.26. The van der Waals surface area contributed by atoms with Gasteiger partial charge in [0, 0.05) is 36.1 Å². The number of phenolic OH excluding ortho intramolecular Hbond substituents is 1. The molecule has 1 atom stereocenters. The first kappa shape index (κ1) is 22.5. The normalized spacial score (nSPS) is 16.2. The zero-order chi connectivity index (χ0) is 23.5. The largest absolute Gasteiger partial charge is 0.506 e. The molecule has 0 aliphatic carbocycles. The Bertz CT molecular complexity index is 1290. The monoisotopic (exact) mass is 458 g/mol. The van der Waals surface area contributed by atoms with Gasteiger partial charge in [-0.15, -0.1) is 0 Å². The van der Waals surface area contributed by atoms with Gasteiger partial charge >= 0.3 is 0 Å². The van der Waals surface area contributed by atoms with E-state index in [2.05, 4.69) is 20.2 Å². The summed E-state index contributed by atoms with van der Waals surface area (Å²) in [4.78, 5) is 11.4. The quantitative estimate of drug-likeness (QED) is 0.388. The molecule has 3 N–H and O–H groups in total. The third kappa shape index (κ3) is 4.82. The van der Waals surface area contributed by atoms with Crippen molar-refractivity contribution in [1.82, 2.24) is 20.2 Å². The minimum atomic E-state index is -0.586. The van der Waals surface area contributed by atoms with E-state index in [-0.39, 0.29) is 5.75 Å². The molecule has 1 fully saturated rings. The van der Waals surface area contributed by atoms with Crippen molar-refractivity contribution >= 4 is 21.8 Å². The maximum Gasteiger partial charge on any atom is 0.141 e. The van der Waals surface area contributed by atoms with Gasteiger partial charge in [-0.2, -0.15) is 0 Å². The summed E-state index contributed by atoms with van der Waals surface area (Å²) in [5.41, 5.74) is 3.31. The number of aliphatic hydroxyl groups is 1. The molecule has 0 unspecified atom stereocenters. The third-order valence-corrected chi connectivity index (χ3v) is 6.69. The van der Waals surface area contributed by atoms with Crippen molar-refractivity contribution in [3.05, 3.63) is 72.1 Å². The van der Waals surface area contributed by atoms with E-state index < -0.39 is 6.10 Å². The topological polar surface area (TPSA) is 90.7 Å². The molecule has 176 valence electrons. The van der Waals surface area contributed by atoms with Crippen LogP contribution in [0.25, 0.3) is 21.8 Å². The number of aromatic nitrogens is 2. The van der Waals surface area contributed by atoms with Crippen molar-refractivity contribution in [2.24, 2.45) is 0 Å². The SMILES string of the molecule is COc1ccc2nccc([C@@H](O)CN3CCC(NCc4ccc5cccc(O)c5n4)CC3)c2c1. The van der Waals surface area contributed by atoms with Crippen molar-refractivity contribution in [3.63, 3.8) is 0 Å². The lowest BCUT2D eigenvalue weighted by Gasteiger charge is -2.33. The van der Waals surface area contributed by atoms with E-state index in [4.69, 9.17) is 4.74 Å². The van der Waals surface area contributed by atoms with Crippen LogP contribution in [-0.4, -0.2) is 57.9 Å². The summed E-state index contributed by atoms with van der Waals surface area (Å²) in [6.07, 6.45) is 3.19. The highest BCUT2D eigenvalue weighted by Crippen LogP contribution is 2.28. The summed E-state index contributed by atoms with van der Waals surface area (Å²) >= 11 is 0. The standard InChI is InChI=1S/C27H30N4O3/c1-34-21-7-8-24-23(15-21)22(9-12-28-24)26(33)17-31-13-10-19(11-14-31)29-16-20-6-5-18-3-2-4-25(32)27(18)30-20/h2-9,12,15,19,26,29,32-33H,10-11,13-14,16-17H2,1H3/t26-/m0/s1. The summed E-state index contributed by atoms with van der Waals surface area (Å²) in [5.74, 6) is 0.976. The van der Waals surface area contributed by atoms with Crippen LogP contribution in [0.2, 0.25) is 0 Å². The number of aromatic hydroxyl groups is 1. The summed E-state index contributed by atoms with van der Waals surface area (Å²) in [6.45, 7) is 3.11. The van der Waals surface area contributed by atoms with Gasteiger partial charge in [-0.25, -0.2) is 4.98 Å². The van der Waals surface area contributed by atoms with Gasteiger partial charge in [-0.05, 0) is 67.9 Å². The van der Waals surface area contributed by atoms with Crippen molar-refractivity contribution in [1.29, 1.82) is 0 Å². The van der Waals surface area contributed by atoms with Crippen LogP contribution in [0.3, 0.4) is 0 Å². The number of aliphatic hydroxyl groups excluding tert-OH is 1. The van der Waals surface area contributed by atoms with Crippen molar-refractivity contribution < 1.29 is 14.9 Å². The molecule has 0 radical (unpaired) electrons. The highest BCUT2D eigenvalue weighted by Gasteiger charge is 2.22. The zero-order valence-electron chi connectivity index (χ0n) is 19.3. The number of nitrogens with one attached hydrogen (secondary N) is 1. The smallest absolute Gasteiger partial charge is 0.141 e. The van der Waals surface area contributed by atoms with Crippen LogP contribution < -0.4 is 10.1 Å². The van der Waals surface area contributed by atoms with Gasteiger partial charge in [0.25, 0.3) is 0 Å². The average molecular weight is 459 g/mol. The number of hydrogen-bond donors (Lipinski definition) is 3. The maximum atomic E-state index is 11.0. The van der Waals surface area contributed by atoms with E-state index in [1.165, 1.54) is 0 Å². The molecular formula is C27H30N4O3. The number of rotatable bonds is 7. The molecule has 1 saturated heterocycles. The van der Waals surface area contributed by atoms with E-state index >= 15 is 0 Å². The molecule has 0 bridgehead atoms. The molecule has 7 heteroatoms. The molecule has 1 aliphatic heterocycles. The molecule has 0 amide bonds. The lowest BCUT2D eigenvalue weighted by molar-refractivity contribution is 0.0948. The number of phenols is 1. The summed E-state index contributed by atoms with van der Waals surface area (Å²) in [5, 5.41) is 26.5. The lowest BCUT2D eigenvalue weighted by atomic mass is 10.0. The molecule has 4 aromatic rings. The van der Waals surface area contributed by atoms with E-state index in [1.807, 2.05) is 48.5 Å². The van der Waals surface area contributed by atoms with Crippen molar-refractivity contribution in [3.8, 4) is 11.5 Å². The second kappa shape index (κ2) is 9.93. The van der Waals surface area contributed by atoms with Gasteiger partial charge in [0.15, 0.2) is 0 Å². The van der Waals surface area contributed by atoms with Crippen molar-refractivity contribution in [2.45, 2.75) is 31.5 Å². The molecule has 3 heterocycles. The maximum absolute atomic E-state index is 11.0. The molecule has 0 spiro atoms. The summed E-state index contributed by atoms with van der Waals surface area (Å²) in [7, 11) is 1.64. The number of ether oxygens (including phenoxy) is 1. The molecule has 1 aliphatic rings. The number of likely N-dealkylation sites (tertiary alicyclic amines) is 1. The summed E-state index contributed by atoms with van der Waals surface area (Å²) < 4.78 is 5.36. The number of nitrogens with zero attached hydrogens (tertiary/aromatic N) is 3. The highest BCUT2D eigenvalue weighted by molar-refractivity contribution is 5.84. The number of piperidine rings is 1. The number of fused-ring (bicyclic) bond motifs is 2. The van der Waals surface area contributed by atoms with Gasteiger partial charge in [0.1, 0.15) is 17.0 Å². The van der Waals surface area contributed by atoms with E-state index in [0.29, 0.717) is 24.6 Å². The highest BCUT2D eigenvalue weighted by atomic mass is 16.5.